The highest BCUT2D eigenvalue weighted by Gasteiger charge is 2.50. The fraction of sp³-hybridized carbons (Fsp3) is 0.429. The smallest absolute Gasteiger partial charge is 0.336 e. The molecule has 1 aliphatic carbocycles. The van der Waals surface area contributed by atoms with Crippen molar-refractivity contribution in [1.82, 2.24) is 10.2 Å². The third-order valence-corrected chi connectivity index (χ3v) is 8.51. The van der Waals surface area contributed by atoms with Crippen LogP contribution in [-0.2, 0) is 14.4 Å². The van der Waals surface area contributed by atoms with Crippen LogP contribution in [0, 0.1) is 5.92 Å². The van der Waals surface area contributed by atoms with Gasteiger partial charge in [-0.05, 0) is 56.3 Å². The van der Waals surface area contributed by atoms with E-state index in [9.17, 15) is 19.2 Å². The Balaban J connectivity index is 0.000000289. The average molecular weight is 595 g/mol. The van der Waals surface area contributed by atoms with Crippen LogP contribution in [-0.4, -0.2) is 73.9 Å². The summed E-state index contributed by atoms with van der Waals surface area (Å²) in [5, 5.41) is 37.8. The van der Waals surface area contributed by atoms with Gasteiger partial charge in [0.25, 0.3) is 5.91 Å². The molecule has 216 valence electrons. The van der Waals surface area contributed by atoms with Crippen molar-refractivity contribution in [3.63, 3.8) is 0 Å². The number of likely N-dealkylation sites (N-methyl/N-ethyl adjacent to an activating group) is 1. The lowest BCUT2D eigenvalue weighted by Crippen LogP contribution is -2.62. The number of hydrogen-bond acceptors (Lipinski definition) is 6. The van der Waals surface area contributed by atoms with Gasteiger partial charge in [0.1, 0.15) is 0 Å². The number of aliphatic carboxylic acids is 3. The Labute approximate surface area is 241 Å². The van der Waals surface area contributed by atoms with Crippen molar-refractivity contribution < 1.29 is 39.6 Å². The highest BCUT2D eigenvalue weighted by Crippen LogP contribution is 2.49. The summed E-state index contributed by atoms with van der Waals surface area (Å²) < 4.78 is 0. The molecule has 2 saturated heterocycles. The number of aliphatic hydroxyl groups is 1. The molecular formula is C28H32Cl2N2O8. The van der Waals surface area contributed by atoms with Gasteiger partial charge in [0.15, 0.2) is 5.60 Å². The van der Waals surface area contributed by atoms with E-state index >= 15 is 0 Å². The van der Waals surface area contributed by atoms with Gasteiger partial charge in [0.2, 0.25) is 0 Å². The summed E-state index contributed by atoms with van der Waals surface area (Å²) >= 11 is 12.4. The second-order valence-corrected chi connectivity index (χ2v) is 11.1. The minimum Gasteiger partial charge on any atom is -0.481 e. The highest BCUT2D eigenvalue weighted by atomic mass is 35.5. The zero-order valence-electron chi connectivity index (χ0n) is 21.8. The molecule has 2 heterocycles. The molecule has 12 heteroatoms. The number of amides is 1. The zero-order valence-corrected chi connectivity index (χ0v) is 23.4. The van der Waals surface area contributed by atoms with Gasteiger partial charge in [0, 0.05) is 12.1 Å². The van der Waals surface area contributed by atoms with Crippen LogP contribution in [0.4, 0.5) is 0 Å². The van der Waals surface area contributed by atoms with Crippen LogP contribution in [0.1, 0.15) is 60.5 Å². The Morgan fingerprint density at radius 2 is 1.55 bits per heavy atom. The molecule has 2 aromatic carbocycles. The van der Waals surface area contributed by atoms with Crippen LogP contribution >= 0.6 is 23.2 Å². The zero-order chi connectivity index (χ0) is 29.7. The third-order valence-electron chi connectivity index (χ3n) is 7.69. The second-order valence-electron chi connectivity index (χ2n) is 10.3. The summed E-state index contributed by atoms with van der Waals surface area (Å²) in [4.78, 5) is 46.1. The van der Waals surface area contributed by atoms with Gasteiger partial charge in [-0.15, -0.1) is 0 Å². The Hall–Kier alpha value is -3.18. The lowest BCUT2D eigenvalue weighted by molar-refractivity contribution is -0.170. The van der Waals surface area contributed by atoms with Crippen molar-refractivity contribution in [2.24, 2.45) is 5.92 Å². The Bertz CT molecular complexity index is 1230. The first-order valence-electron chi connectivity index (χ1n) is 12.7. The van der Waals surface area contributed by atoms with Crippen molar-refractivity contribution >= 4 is 47.0 Å². The van der Waals surface area contributed by atoms with E-state index in [0.717, 1.165) is 30.9 Å². The molecule has 1 atom stereocenters. The summed E-state index contributed by atoms with van der Waals surface area (Å²) in [6.45, 7) is 1.09. The normalized spacial score (nSPS) is 21.1. The first-order valence-corrected chi connectivity index (χ1v) is 13.4. The number of piperidine rings is 2. The standard InChI is InChI=1S/C22H24Cl2N2O.C6H8O7/c1-26-14-15-10-12-22(26,13-11-15)20(16-6-3-2-4-7-16)25-21(27)17-8-5-9-18(23)19(17)24;7-3(8)1-6(13,5(11)12)2-4(9)10/h2-9,15,20H,10-14H2,1H3,(H,25,27);13H,1-2H2,(H,7,8)(H,9,10)(H,11,12)/t15?,20-,22?;/m1./s1. The van der Waals surface area contributed by atoms with E-state index in [4.69, 9.17) is 43.6 Å². The molecule has 0 radical (unpaired) electrons. The maximum atomic E-state index is 13.1. The molecule has 10 nitrogen and oxygen atoms in total. The molecule has 2 aliphatic heterocycles. The predicted molar refractivity (Wildman–Crippen MR) is 148 cm³/mol. The fourth-order valence-corrected chi connectivity index (χ4v) is 5.98. The number of benzene rings is 2. The lowest BCUT2D eigenvalue weighted by atomic mass is 9.66. The van der Waals surface area contributed by atoms with Crippen LogP contribution < -0.4 is 5.32 Å². The molecular weight excluding hydrogens is 563 g/mol. The first-order chi connectivity index (χ1) is 18.8. The number of carbonyl (C=O) groups excluding carboxylic acids is 1. The van der Waals surface area contributed by atoms with Crippen molar-refractivity contribution in [1.29, 1.82) is 0 Å². The Morgan fingerprint density at radius 3 is 2.05 bits per heavy atom. The number of carboxylic acid groups (broad SMARTS) is 3. The fourth-order valence-electron chi connectivity index (χ4n) is 5.60. The molecule has 0 spiro atoms. The molecule has 1 saturated carbocycles. The summed E-state index contributed by atoms with van der Waals surface area (Å²) in [5.74, 6) is -4.41. The monoisotopic (exact) mass is 594 g/mol. The molecule has 3 fully saturated rings. The van der Waals surface area contributed by atoms with Gasteiger partial charge in [-0.3, -0.25) is 19.3 Å². The average Bonchev–Trinajstić information content (AvgIpc) is 2.89. The molecule has 5 N–H and O–H groups in total. The molecule has 3 aliphatic rings. The number of hydrogen-bond donors (Lipinski definition) is 5. The molecule has 2 aromatic rings. The van der Waals surface area contributed by atoms with E-state index in [1.54, 1.807) is 18.2 Å². The highest BCUT2D eigenvalue weighted by molar-refractivity contribution is 6.43. The molecule has 5 rings (SSSR count). The number of fused-ring (bicyclic) bond motifs is 3. The van der Waals surface area contributed by atoms with Crippen LogP contribution in [0.5, 0.6) is 0 Å². The van der Waals surface area contributed by atoms with Gasteiger partial charge in [0.05, 0.1) is 34.5 Å². The number of halogens is 2. The molecule has 0 unspecified atom stereocenters. The summed E-state index contributed by atoms with van der Waals surface area (Å²) in [5.41, 5.74) is -1.24. The SMILES string of the molecule is CN1CC2CCC1([C@H](NC(=O)c1cccc(Cl)c1Cl)c1ccccc1)CC2.O=C(O)CC(O)(CC(=O)O)C(=O)O. The lowest BCUT2D eigenvalue weighted by Gasteiger charge is -2.57. The van der Waals surface area contributed by atoms with Crippen LogP contribution in [0.3, 0.4) is 0 Å². The van der Waals surface area contributed by atoms with Crippen LogP contribution in [0.2, 0.25) is 10.0 Å². The van der Waals surface area contributed by atoms with Gasteiger partial charge >= 0.3 is 17.9 Å². The van der Waals surface area contributed by atoms with E-state index in [1.807, 2.05) is 18.2 Å². The number of carbonyl (C=O) groups is 4. The molecule has 1 amide bonds. The van der Waals surface area contributed by atoms with Crippen molar-refractivity contribution in [2.45, 2.75) is 55.7 Å². The minimum absolute atomic E-state index is 0.0587. The van der Waals surface area contributed by atoms with E-state index in [0.29, 0.717) is 15.6 Å². The maximum absolute atomic E-state index is 13.1. The Morgan fingerprint density at radius 1 is 0.975 bits per heavy atom. The van der Waals surface area contributed by atoms with E-state index in [2.05, 4.69) is 29.4 Å². The van der Waals surface area contributed by atoms with Gasteiger partial charge in [-0.25, -0.2) is 4.79 Å². The van der Waals surface area contributed by atoms with Gasteiger partial charge in [-0.2, -0.15) is 0 Å². The quantitative estimate of drug-likeness (QED) is 0.287. The molecule has 40 heavy (non-hydrogen) atoms. The van der Waals surface area contributed by atoms with Gasteiger partial charge in [-0.1, -0.05) is 59.6 Å². The van der Waals surface area contributed by atoms with E-state index < -0.39 is 36.4 Å². The largest absolute Gasteiger partial charge is 0.481 e. The first kappa shape index (κ1) is 31.3. The van der Waals surface area contributed by atoms with Gasteiger partial charge < -0.3 is 25.7 Å². The van der Waals surface area contributed by atoms with E-state index in [1.165, 1.54) is 12.8 Å². The minimum atomic E-state index is -2.74. The van der Waals surface area contributed by atoms with Crippen LogP contribution in [0.15, 0.2) is 48.5 Å². The third kappa shape index (κ3) is 7.11. The predicted octanol–water partition coefficient (Wildman–Crippen LogP) is 4.09. The summed E-state index contributed by atoms with van der Waals surface area (Å²) in [6, 6.07) is 15.4. The van der Waals surface area contributed by atoms with Crippen molar-refractivity contribution in [2.75, 3.05) is 13.6 Å². The molecule has 0 aromatic heterocycles. The van der Waals surface area contributed by atoms with Crippen LogP contribution in [0.25, 0.3) is 0 Å². The summed E-state index contributed by atoms with van der Waals surface area (Å²) in [7, 11) is 2.19. The number of rotatable bonds is 9. The van der Waals surface area contributed by atoms with E-state index in [-0.39, 0.29) is 17.5 Å². The topological polar surface area (TPSA) is 164 Å². The number of nitrogens with zero attached hydrogens (tertiary/aromatic N) is 1. The maximum Gasteiger partial charge on any atom is 0.336 e. The van der Waals surface area contributed by atoms with Crippen molar-refractivity contribution in [3.05, 3.63) is 69.7 Å². The molecule has 2 bridgehead atoms. The van der Waals surface area contributed by atoms with Crippen molar-refractivity contribution in [3.8, 4) is 0 Å². The number of nitrogens with one attached hydrogen (secondary N) is 1. The Kier molecular flexibility index (Phi) is 10.2. The number of carboxylic acids is 3. The summed E-state index contributed by atoms with van der Waals surface area (Å²) in [6.07, 6.45) is 2.35. The second kappa shape index (κ2) is 13.0.